The molecule has 2 atom stereocenters. The van der Waals surface area contributed by atoms with E-state index in [0.29, 0.717) is 17.3 Å². The third-order valence-electron chi connectivity index (χ3n) is 5.10. The van der Waals surface area contributed by atoms with Crippen molar-refractivity contribution in [2.75, 3.05) is 36.4 Å². The topological polar surface area (TPSA) is 70.9 Å². The number of nitrogens with one attached hydrogen (secondary N) is 2. The molecule has 0 unspecified atom stereocenters. The first-order valence-electron chi connectivity index (χ1n) is 8.08. The predicted octanol–water partition coefficient (Wildman–Crippen LogP) is 1.31. The highest BCUT2D eigenvalue weighted by atomic mass is 15.3. The lowest BCUT2D eigenvalue weighted by atomic mass is 9.83. The van der Waals surface area contributed by atoms with E-state index in [1.54, 1.807) is 10.9 Å². The molecule has 4 heterocycles. The van der Waals surface area contributed by atoms with Crippen LogP contribution < -0.4 is 15.5 Å². The van der Waals surface area contributed by atoms with E-state index in [1.807, 2.05) is 19.4 Å². The minimum atomic E-state index is 0.355. The van der Waals surface area contributed by atoms with Gasteiger partial charge in [-0.15, -0.1) is 0 Å². The smallest absolute Gasteiger partial charge is 0.229 e. The summed E-state index contributed by atoms with van der Waals surface area (Å²) in [6.45, 7) is 8.78. The van der Waals surface area contributed by atoms with Crippen molar-refractivity contribution in [3.05, 3.63) is 24.2 Å². The van der Waals surface area contributed by atoms with Crippen LogP contribution in [0.2, 0.25) is 0 Å². The van der Waals surface area contributed by atoms with Gasteiger partial charge in [0, 0.05) is 56.6 Å². The van der Waals surface area contributed by atoms with Gasteiger partial charge >= 0.3 is 0 Å². The largest absolute Gasteiger partial charge is 0.355 e. The fourth-order valence-electron chi connectivity index (χ4n) is 3.75. The maximum absolute atomic E-state index is 4.76. The Morgan fingerprint density at radius 2 is 2.26 bits per heavy atom. The van der Waals surface area contributed by atoms with E-state index < -0.39 is 0 Å². The van der Waals surface area contributed by atoms with Gasteiger partial charge in [-0.05, 0) is 12.8 Å². The molecule has 2 aliphatic heterocycles. The Labute approximate surface area is 136 Å². The third kappa shape index (κ3) is 2.55. The number of rotatable bonds is 3. The van der Waals surface area contributed by atoms with Gasteiger partial charge < -0.3 is 15.5 Å². The summed E-state index contributed by atoms with van der Waals surface area (Å²) < 4.78 is 1.76. The van der Waals surface area contributed by atoms with Crippen LogP contribution in [0.3, 0.4) is 0 Å². The summed E-state index contributed by atoms with van der Waals surface area (Å²) in [5.74, 6) is 2.37. The molecule has 0 radical (unpaired) electrons. The van der Waals surface area contributed by atoms with Gasteiger partial charge in [0.05, 0.1) is 11.9 Å². The third-order valence-corrected chi connectivity index (χ3v) is 5.10. The Bertz CT molecular complexity index is 725. The van der Waals surface area contributed by atoms with Crippen molar-refractivity contribution in [3.8, 4) is 0 Å². The standard InChI is InChI=1S/C16H23N7/c1-11-4-18-15(20-13-6-19-22(3)8-13)21-14(11)23-7-12-5-17-9-16(12,2)10-23/h4,6,8,12,17H,5,7,9-10H2,1-3H3,(H,18,20,21)/t12-,16+/m0/s1. The molecule has 2 aromatic rings. The molecule has 122 valence electrons. The lowest BCUT2D eigenvalue weighted by molar-refractivity contribution is 0.338. The van der Waals surface area contributed by atoms with Crippen LogP contribution in [0, 0.1) is 18.3 Å². The first-order chi connectivity index (χ1) is 11.0. The molecular weight excluding hydrogens is 290 g/mol. The average molecular weight is 313 g/mol. The molecule has 2 fully saturated rings. The maximum Gasteiger partial charge on any atom is 0.229 e. The van der Waals surface area contributed by atoms with Crippen molar-refractivity contribution in [3.63, 3.8) is 0 Å². The first-order valence-corrected chi connectivity index (χ1v) is 8.08. The summed E-state index contributed by atoms with van der Waals surface area (Å²) in [4.78, 5) is 11.6. The average Bonchev–Trinajstić information content (AvgIpc) is 3.14. The molecule has 0 amide bonds. The highest BCUT2D eigenvalue weighted by Gasteiger charge is 2.46. The zero-order valence-corrected chi connectivity index (χ0v) is 13.9. The molecule has 2 aliphatic rings. The molecule has 2 aromatic heterocycles. The number of aromatic nitrogens is 4. The predicted molar refractivity (Wildman–Crippen MR) is 89.9 cm³/mol. The van der Waals surface area contributed by atoms with Crippen molar-refractivity contribution in [1.82, 2.24) is 25.1 Å². The number of nitrogens with zero attached hydrogens (tertiary/aromatic N) is 5. The lowest BCUT2D eigenvalue weighted by Gasteiger charge is -2.24. The van der Waals surface area contributed by atoms with Crippen molar-refractivity contribution in [2.24, 2.45) is 18.4 Å². The zero-order valence-electron chi connectivity index (χ0n) is 13.9. The second kappa shape index (κ2) is 5.19. The molecule has 7 nitrogen and oxygen atoms in total. The number of aryl methyl sites for hydroxylation is 2. The van der Waals surface area contributed by atoms with Crippen LogP contribution in [-0.2, 0) is 7.05 Å². The highest BCUT2D eigenvalue weighted by molar-refractivity contribution is 5.56. The Balaban J connectivity index is 1.58. The van der Waals surface area contributed by atoms with Crippen LogP contribution in [-0.4, -0.2) is 45.9 Å². The van der Waals surface area contributed by atoms with Crippen molar-refractivity contribution in [1.29, 1.82) is 0 Å². The molecule has 0 aliphatic carbocycles. The number of fused-ring (bicyclic) bond motifs is 1. The van der Waals surface area contributed by atoms with Crippen LogP contribution >= 0.6 is 0 Å². The molecule has 7 heteroatoms. The van der Waals surface area contributed by atoms with E-state index in [1.165, 1.54) is 0 Å². The minimum absolute atomic E-state index is 0.355. The molecule has 0 bridgehead atoms. The summed E-state index contributed by atoms with van der Waals surface area (Å²) in [5, 5.41) is 10.9. The number of hydrogen-bond acceptors (Lipinski definition) is 6. The van der Waals surface area contributed by atoms with Gasteiger partial charge in [-0.3, -0.25) is 4.68 Å². The Morgan fingerprint density at radius 3 is 3.00 bits per heavy atom. The van der Waals surface area contributed by atoms with Crippen molar-refractivity contribution in [2.45, 2.75) is 13.8 Å². The van der Waals surface area contributed by atoms with Gasteiger partial charge in [0.1, 0.15) is 5.82 Å². The van der Waals surface area contributed by atoms with E-state index in [-0.39, 0.29) is 0 Å². The van der Waals surface area contributed by atoms with Gasteiger partial charge in [-0.2, -0.15) is 10.1 Å². The Morgan fingerprint density at radius 1 is 1.39 bits per heavy atom. The second-order valence-electron chi connectivity index (χ2n) is 7.09. The van der Waals surface area contributed by atoms with Crippen LogP contribution in [0.15, 0.2) is 18.6 Å². The van der Waals surface area contributed by atoms with Crippen LogP contribution in [0.1, 0.15) is 12.5 Å². The highest BCUT2D eigenvalue weighted by Crippen LogP contribution is 2.40. The number of anilines is 3. The second-order valence-corrected chi connectivity index (χ2v) is 7.09. The quantitative estimate of drug-likeness (QED) is 0.890. The van der Waals surface area contributed by atoms with E-state index in [2.05, 4.69) is 39.5 Å². The lowest BCUT2D eigenvalue weighted by Crippen LogP contribution is -2.30. The number of hydrogen-bond donors (Lipinski definition) is 2. The maximum atomic E-state index is 4.76. The SMILES string of the molecule is Cc1cnc(Nc2cnn(C)c2)nc1N1C[C@@H]2CNC[C@]2(C)C1. The van der Waals surface area contributed by atoms with Crippen molar-refractivity contribution >= 4 is 17.5 Å². The summed E-state index contributed by atoms with van der Waals surface area (Å²) in [6.07, 6.45) is 5.58. The Kier molecular flexibility index (Phi) is 3.26. The van der Waals surface area contributed by atoms with Crippen molar-refractivity contribution < 1.29 is 0 Å². The van der Waals surface area contributed by atoms with Gasteiger partial charge in [0.15, 0.2) is 0 Å². The van der Waals surface area contributed by atoms with E-state index in [4.69, 9.17) is 4.98 Å². The fourth-order valence-corrected chi connectivity index (χ4v) is 3.75. The molecule has 0 aromatic carbocycles. The Hall–Kier alpha value is -2.15. The molecule has 0 spiro atoms. The normalized spacial score (nSPS) is 26.6. The molecule has 4 rings (SSSR count). The van der Waals surface area contributed by atoms with Crippen LogP contribution in [0.4, 0.5) is 17.5 Å². The van der Waals surface area contributed by atoms with E-state index in [0.717, 1.165) is 43.2 Å². The van der Waals surface area contributed by atoms with Crippen LogP contribution in [0.25, 0.3) is 0 Å². The minimum Gasteiger partial charge on any atom is -0.355 e. The molecule has 23 heavy (non-hydrogen) atoms. The van der Waals surface area contributed by atoms with Gasteiger partial charge in [0.2, 0.25) is 5.95 Å². The monoisotopic (exact) mass is 313 g/mol. The van der Waals surface area contributed by atoms with E-state index >= 15 is 0 Å². The summed E-state index contributed by atoms with van der Waals surface area (Å²) >= 11 is 0. The molecule has 2 N–H and O–H groups in total. The summed E-state index contributed by atoms with van der Waals surface area (Å²) in [6, 6.07) is 0. The summed E-state index contributed by atoms with van der Waals surface area (Å²) in [7, 11) is 1.89. The van der Waals surface area contributed by atoms with Crippen LogP contribution in [0.5, 0.6) is 0 Å². The molecule has 2 saturated heterocycles. The van der Waals surface area contributed by atoms with E-state index in [9.17, 15) is 0 Å². The fraction of sp³-hybridized carbons (Fsp3) is 0.562. The van der Waals surface area contributed by atoms with Gasteiger partial charge in [0.25, 0.3) is 0 Å². The first kappa shape index (κ1) is 14.4. The molecular formula is C16H23N7. The molecule has 0 saturated carbocycles. The zero-order chi connectivity index (χ0) is 16.0. The van der Waals surface area contributed by atoms with Gasteiger partial charge in [-0.25, -0.2) is 4.98 Å². The van der Waals surface area contributed by atoms with Gasteiger partial charge in [-0.1, -0.05) is 6.92 Å². The summed E-state index contributed by atoms with van der Waals surface area (Å²) in [5.41, 5.74) is 2.38.